The van der Waals surface area contributed by atoms with Crippen LogP contribution in [0.1, 0.15) is 59.1 Å². The number of carbonyl (C=O) groups is 1. The molecule has 2 heterocycles. The molecule has 4 heteroatoms. The van der Waals surface area contributed by atoms with Gasteiger partial charge in [0.15, 0.2) is 5.78 Å². The van der Waals surface area contributed by atoms with Crippen LogP contribution in [0.25, 0.3) is 0 Å². The molecule has 1 N–H and O–H groups in total. The lowest BCUT2D eigenvalue weighted by Gasteiger charge is -2.18. The summed E-state index contributed by atoms with van der Waals surface area (Å²) in [6.45, 7) is 3.87. The van der Waals surface area contributed by atoms with Crippen LogP contribution in [0, 0.1) is 0 Å². The van der Waals surface area contributed by atoms with Crippen molar-refractivity contribution in [3.8, 4) is 0 Å². The molecule has 32 heavy (non-hydrogen) atoms. The van der Waals surface area contributed by atoms with Gasteiger partial charge in [0.05, 0.1) is 17.7 Å². The van der Waals surface area contributed by atoms with E-state index in [9.17, 15) is 9.90 Å². The number of nitrogens with zero attached hydrogens (tertiary/aromatic N) is 2. The highest BCUT2D eigenvalue weighted by molar-refractivity contribution is 6.00. The highest BCUT2D eigenvalue weighted by Gasteiger charge is 2.19. The zero-order valence-electron chi connectivity index (χ0n) is 18.4. The molecule has 0 amide bonds. The topological polar surface area (TPSA) is 63.1 Å². The van der Waals surface area contributed by atoms with Crippen molar-refractivity contribution in [3.05, 3.63) is 132 Å². The molecule has 0 bridgehead atoms. The lowest BCUT2D eigenvalue weighted by molar-refractivity contribution is 0.0964. The zero-order valence-corrected chi connectivity index (χ0v) is 18.4. The van der Waals surface area contributed by atoms with E-state index in [2.05, 4.69) is 9.97 Å². The second-order valence-corrected chi connectivity index (χ2v) is 7.61. The molecule has 162 valence electrons. The van der Waals surface area contributed by atoms with Gasteiger partial charge in [-0.25, -0.2) is 0 Å². The largest absolute Gasteiger partial charge is 0.388 e. The van der Waals surface area contributed by atoms with Crippen molar-refractivity contribution in [2.75, 3.05) is 0 Å². The van der Waals surface area contributed by atoms with Crippen LogP contribution in [0.15, 0.2) is 109 Å². The van der Waals surface area contributed by atoms with Crippen LogP contribution in [0.5, 0.6) is 0 Å². The number of hydrogen-bond donors (Lipinski definition) is 1. The molecule has 3 unspecified atom stereocenters. The Morgan fingerprint density at radius 2 is 1.19 bits per heavy atom. The fourth-order valence-electron chi connectivity index (χ4n) is 3.36. The van der Waals surface area contributed by atoms with Crippen molar-refractivity contribution >= 4 is 5.78 Å². The molecule has 2 aromatic carbocycles. The number of benzene rings is 2. The number of rotatable bonds is 6. The van der Waals surface area contributed by atoms with Gasteiger partial charge in [-0.05, 0) is 36.8 Å². The molecular weight excluding hydrogens is 396 g/mol. The second-order valence-electron chi connectivity index (χ2n) is 7.61. The van der Waals surface area contributed by atoms with Gasteiger partial charge in [-0.1, -0.05) is 79.7 Å². The fraction of sp³-hybridized carbons (Fsp3) is 0.179. The first-order valence-electron chi connectivity index (χ1n) is 10.7. The molecule has 0 aliphatic heterocycles. The minimum absolute atomic E-state index is 0.00333. The van der Waals surface area contributed by atoms with Gasteiger partial charge in [-0.3, -0.25) is 14.8 Å². The Balaban J connectivity index is 0.000000181. The minimum atomic E-state index is -0.504. The summed E-state index contributed by atoms with van der Waals surface area (Å²) in [5.74, 6) is -0.0773. The summed E-state index contributed by atoms with van der Waals surface area (Å²) in [5, 5.41) is 10.2. The average Bonchev–Trinajstić information content (AvgIpc) is 2.89. The summed E-state index contributed by atoms with van der Waals surface area (Å²) in [6, 6.07) is 30.4. The van der Waals surface area contributed by atoms with Crippen LogP contribution >= 0.6 is 0 Å². The van der Waals surface area contributed by atoms with Crippen LogP contribution in [-0.4, -0.2) is 20.9 Å². The van der Waals surface area contributed by atoms with Gasteiger partial charge in [0.25, 0.3) is 0 Å². The third-order valence-electron chi connectivity index (χ3n) is 5.35. The zero-order chi connectivity index (χ0) is 22.8. The van der Waals surface area contributed by atoms with Crippen molar-refractivity contribution < 1.29 is 9.90 Å². The van der Waals surface area contributed by atoms with Crippen LogP contribution in [0.4, 0.5) is 0 Å². The van der Waals surface area contributed by atoms with Crippen molar-refractivity contribution in [3.63, 3.8) is 0 Å². The van der Waals surface area contributed by atoms with Crippen molar-refractivity contribution in [2.24, 2.45) is 0 Å². The molecule has 0 saturated heterocycles. The van der Waals surface area contributed by atoms with Gasteiger partial charge in [0, 0.05) is 29.6 Å². The standard InChI is InChI=1S/C14H15NO.C14H13NO/c2*1-11(13-9-5-6-10-15-13)14(16)12-7-3-2-4-8-12/h2-11,14,16H,1H3;2-11H,1H3. The van der Waals surface area contributed by atoms with Gasteiger partial charge >= 0.3 is 0 Å². The third kappa shape index (κ3) is 6.19. The quantitative estimate of drug-likeness (QED) is 0.386. The van der Waals surface area contributed by atoms with Crippen LogP contribution < -0.4 is 0 Å². The van der Waals surface area contributed by atoms with Crippen molar-refractivity contribution in [2.45, 2.75) is 31.8 Å². The number of aliphatic hydroxyl groups is 1. The average molecular weight is 425 g/mol. The van der Waals surface area contributed by atoms with E-state index < -0.39 is 6.10 Å². The number of Topliss-reactive ketones (excluding diaryl/α,β-unsaturated/α-hetero) is 1. The van der Waals surface area contributed by atoms with E-state index >= 15 is 0 Å². The summed E-state index contributed by atoms with van der Waals surface area (Å²) < 4.78 is 0. The predicted molar refractivity (Wildman–Crippen MR) is 127 cm³/mol. The summed E-state index contributed by atoms with van der Waals surface area (Å²) in [5.41, 5.74) is 3.40. The Hall–Kier alpha value is -3.63. The van der Waals surface area contributed by atoms with Crippen molar-refractivity contribution in [1.82, 2.24) is 9.97 Å². The smallest absolute Gasteiger partial charge is 0.171 e. The van der Waals surface area contributed by atoms with E-state index in [0.29, 0.717) is 0 Å². The van der Waals surface area contributed by atoms with E-state index in [0.717, 1.165) is 22.5 Å². The van der Waals surface area contributed by atoms with Crippen LogP contribution in [0.3, 0.4) is 0 Å². The van der Waals surface area contributed by atoms with Gasteiger partial charge < -0.3 is 5.11 Å². The lowest BCUT2D eigenvalue weighted by atomic mass is 9.94. The second kappa shape index (κ2) is 11.7. The normalized spacial score (nSPS) is 13.2. The van der Waals surface area contributed by atoms with Crippen LogP contribution in [-0.2, 0) is 0 Å². The van der Waals surface area contributed by atoms with Gasteiger partial charge in [0.1, 0.15) is 0 Å². The van der Waals surface area contributed by atoms with E-state index in [1.54, 1.807) is 12.4 Å². The summed E-state index contributed by atoms with van der Waals surface area (Å²) in [7, 11) is 0. The van der Waals surface area contributed by atoms with Gasteiger partial charge in [-0.2, -0.15) is 0 Å². The molecule has 3 atom stereocenters. The molecule has 4 nitrogen and oxygen atoms in total. The summed E-state index contributed by atoms with van der Waals surface area (Å²) in [6.07, 6.45) is 2.96. The molecule has 0 fully saturated rings. The molecule has 2 aromatic heterocycles. The molecule has 0 spiro atoms. The minimum Gasteiger partial charge on any atom is -0.388 e. The molecular formula is C28H28N2O2. The fourth-order valence-corrected chi connectivity index (χ4v) is 3.36. The summed E-state index contributed by atoms with van der Waals surface area (Å²) in [4.78, 5) is 20.6. The number of pyridine rings is 2. The molecule has 4 rings (SSSR count). The Morgan fingerprint density at radius 1 is 0.688 bits per heavy atom. The Kier molecular flexibility index (Phi) is 8.41. The monoisotopic (exact) mass is 424 g/mol. The first kappa shape index (κ1) is 23.0. The molecule has 0 saturated carbocycles. The van der Waals surface area contributed by atoms with Gasteiger partial charge in [-0.15, -0.1) is 0 Å². The number of aromatic nitrogens is 2. The Morgan fingerprint density at radius 3 is 1.72 bits per heavy atom. The van der Waals surface area contributed by atoms with E-state index in [1.807, 2.05) is 111 Å². The third-order valence-corrected chi connectivity index (χ3v) is 5.35. The molecule has 0 aliphatic carbocycles. The maximum absolute atomic E-state index is 12.1. The first-order chi connectivity index (χ1) is 15.6. The Labute approximate surface area is 189 Å². The molecule has 4 aromatic rings. The highest BCUT2D eigenvalue weighted by atomic mass is 16.3. The van der Waals surface area contributed by atoms with Gasteiger partial charge in [0.2, 0.25) is 0 Å². The maximum atomic E-state index is 12.1. The first-order valence-corrected chi connectivity index (χ1v) is 10.7. The number of aliphatic hydroxyl groups excluding tert-OH is 1. The van der Waals surface area contributed by atoms with E-state index in [4.69, 9.17) is 0 Å². The number of carbonyl (C=O) groups excluding carboxylic acids is 1. The number of ketones is 1. The molecule has 0 aliphatic rings. The summed E-state index contributed by atoms with van der Waals surface area (Å²) >= 11 is 0. The number of hydrogen-bond acceptors (Lipinski definition) is 4. The van der Waals surface area contributed by atoms with Crippen molar-refractivity contribution in [1.29, 1.82) is 0 Å². The highest BCUT2D eigenvalue weighted by Crippen LogP contribution is 2.28. The van der Waals surface area contributed by atoms with E-state index in [-0.39, 0.29) is 17.6 Å². The van der Waals surface area contributed by atoms with E-state index in [1.165, 1.54) is 0 Å². The van der Waals surface area contributed by atoms with Crippen LogP contribution in [0.2, 0.25) is 0 Å². The lowest BCUT2D eigenvalue weighted by Crippen LogP contribution is -2.10. The maximum Gasteiger partial charge on any atom is 0.171 e. The Bertz CT molecular complexity index is 1030. The SMILES string of the molecule is CC(C(=O)c1ccccc1)c1ccccn1.CC(c1ccccn1)C(O)c1ccccc1. The predicted octanol–water partition coefficient (Wildman–Crippen LogP) is 5.99. The molecule has 0 radical (unpaired) electrons.